The highest BCUT2D eigenvalue weighted by atomic mass is 16.6. The van der Waals surface area contributed by atoms with Gasteiger partial charge in [0.15, 0.2) is 6.10 Å². The van der Waals surface area contributed by atoms with E-state index in [0.717, 1.165) is 7.11 Å². The Morgan fingerprint density at radius 1 is 1.00 bits per heavy atom. The van der Waals surface area contributed by atoms with Crippen molar-refractivity contribution in [3.05, 3.63) is 29.3 Å². The van der Waals surface area contributed by atoms with E-state index in [1.807, 2.05) is 0 Å². The first kappa shape index (κ1) is 21.1. The molecular formula is C17H20O9. The van der Waals surface area contributed by atoms with Gasteiger partial charge in [-0.3, -0.25) is 9.59 Å². The van der Waals surface area contributed by atoms with Gasteiger partial charge in [-0.1, -0.05) is 0 Å². The number of esters is 4. The third kappa shape index (κ3) is 6.17. The van der Waals surface area contributed by atoms with Gasteiger partial charge >= 0.3 is 23.9 Å². The van der Waals surface area contributed by atoms with E-state index < -0.39 is 30.0 Å². The second-order valence-corrected chi connectivity index (χ2v) is 5.01. The molecule has 0 saturated heterocycles. The summed E-state index contributed by atoms with van der Waals surface area (Å²) in [4.78, 5) is 46.1. The maximum absolute atomic E-state index is 11.8. The highest BCUT2D eigenvalue weighted by molar-refractivity contribution is 5.90. The van der Waals surface area contributed by atoms with E-state index in [2.05, 4.69) is 14.2 Å². The first-order valence-electron chi connectivity index (χ1n) is 7.48. The quantitative estimate of drug-likeness (QED) is 0.377. The lowest BCUT2D eigenvalue weighted by Gasteiger charge is -2.16. The van der Waals surface area contributed by atoms with Crippen LogP contribution in [0.15, 0.2) is 18.2 Å². The van der Waals surface area contributed by atoms with Crippen LogP contribution in [-0.2, 0) is 39.9 Å². The lowest BCUT2D eigenvalue weighted by Crippen LogP contribution is -2.29. The smallest absolute Gasteiger partial charge is 0.337 e. The lowest BCUT2D eigenvalue weighted by molar-refractivity contribution is -0.161. The second kappa shape index (κ2) is 10.1. The maximum atomic E-state index is 11.8. The molecule has 0 bridgehead atoms. The molecule has 0 aliphatic heterocycles. The number of benzene rings is 1. The number of hydrogen-bond acceptors (Lipinski definition) is 9. The Bertz CT molecular complexity index is 681. The van der Waals surface area contributed by atoms with Crippen molar-refractivity contribution < 1.29 is 42.9 Å². The molecular weight excluding hydrogens is 348 g/mol. The van der Waals surface area contributed by atoms with Crippen molar-refractivity contribution in [3.63, 3.8) is 0 Å². The van der Waals surface area contributed by atoms with Crippen LogP contribution in [0.4, 0.5) is 0 Å². The zero-order valence-corrected chi connectivity index (χ0v) is 14.9. The first-order chi connectivity index (χ1) is 12.3. The van der Waals surface area contributed by atoms with Crippen LogP contribution in [0.1, 0.15) is 29.3 Å². The minimum absolute atomic E-state index is 0.145. The SMILES string of the molecule is COC(=O)CC(OCc1cc(C(=O)OC)ccc1OC(C)=O)C(=O)OC. The number of methoxy groups -OCH3 is 3. The molecule has 9 nitrogen and oxygen atoms in total. The first-order valence-corrected chi connectivity index (χ1v) is 7.48. The highest BCUT2D eigenvalue weighted by Crippen LogP contribution is 2.23. The average molecular weight is 368 g/mol. The Morgan fingerprint density at radius 3 is 2.23 bits per heavy atom. The molecule has 1 rings (SSSR count). The maximum Gasteiger partial charge on any atom is 0.337 e. The number of rotatable bonds is 8. The Hall–Kier alpha value is -2.94. The minimum atomic E-state index is -1.22. The molecule has 0 N–H and O–H groups in total. The summed E-state index contributed by atoms with van der Waals surface area (Å²) in [5, 5.41) is 0. The summed E-state index contributed by atoms with van der Waals surface area (Å²) in [5.74, 6) is -2.46. The fourth-order valence-corrected chi connectivity index (χ4v) is 1.96. The standard InChI is InChI=1S/C17H20O9/c1-10(18)26-13-6-5-11(16(20)23-3)7-12(13)9-25-14(17(21)24-4)8-15(19)22-2/h5-7,14H,8-9H2,1-4H3. The summed E-state index contributed by atoms with van der Waals surface area (Å²) in [6.45, 7) is 0.984. The second-order valence-electron chi connectivity index (χ2n) is 5.01. The van der Waals surface area contributed by atoms with Crippen molar-refractivity contribution in [3.8, 4) is 5.75 Å². The van der Waals surface area contributed by atoms with Crippen molar-refractivity contribution in [2.45, 2.75) is 26.1 Å². The normalized spacial score (nSPS) is 11.2. The average Bonchev–Trinajstić information content (AvgIpc) is 2.63. The molecule has 0 heterocycles. The fourth-order valence-electron chi connectivity index (χ4n) is 1.96. The molecule has 0 radical (unpaired) electrons. The monoisotopic (exact) mass is 368 g/mol. The Morgan fingerprint density at radius 2 is 1.69 bits per heavy atom. The number of hydrogen-bond donors (Lipinski definition) is 0. The summed E-state index contributed by atoms with van der Waals surface area (Å²) in [7, 11) is 3.55. The molecule has 142 valence electrons. The van der Waals surface area contributed by atoms with Crippen LogP contribution in [-0.4, -0.2) is 51.3 Å². The zero-order chi connectivity index (χ0) is 19.7. The van der Waals surface area contributed by atoms with Crippen LogP contribution in [0.2, 0.25) is 0 Å². The van der Waals surface area contributed by atoms with E-state index in [0.29, 0.717) is 5.56 Å². The van der Waals surface area contributed by atoms with Crippen molar-refractivity contribution in [2.75, 3.05) is 21.3 Å². The predicted molar refractivity (Wildman–Crippen MR) is 86.3 cm³/mol. The van der Waals surface area contributed by atoms with E-state index in [1.54, 1.807) is 0 Å². The Labute approximate surface area is 150 Å². The van der Waals surface area contributed by atoms with Crippen LogP contribution >= 0.6 is 0 Å². The molecule has 0 amide bonds. The van der Waals surface area contributed by atoms with Crippen LogP contribution in [0.5, 0.6) is 5.75 Å². The van der Waals surface area contributed by atoms with Gasteiger partial charge in [-0.15, -0.1) is 0 Å². The molecule has 0 aliphatic carbocycles. The van der Waals surface area contributed by atoms with Crippen molar-refractivity contribution in [1.29, 1.82) is 0 Å². The zero-order valence-electron chi connectivity index (χ0n) is 14.9. The topological polar surface area (TPSA) is 114 Å². The van der Waals surface area contributed by atoms with Gasteiger partial charge in [-0.05, 0) is 18.2 Å². The molecule has 0 spiro atoms. The molecule has 9 heteroatoms. The van der Waals surface area contributed by atoms with Gasteiger partial charge in [0.05, 0.1) is 39.9 Å². The molecule has 26 heavy (non-hydrogen) atoms. The predicted octanol–water partition coefficient (Wildman–Crippen LogP) is 1.02. The number of carbonyl (C=O) groups excluding carboxylic acids is 4. The summed E-state index contributed by atoms with van der Waals surface area (Å²) in [6, 6.07) is 4.22. The van der Waals surface area contributed by atoms with E-state index in [9.17, 15) is 19.2 Å². The van der Waals surface area contributed by atoms with Crippen LogP contribution in [0.3, 0.4) is 0 Å². The number of ether oxygens (including phenoxy) is 5. The summed E-state index contributed by atoms with van der Waals surface area (Å²) in [5.41, 5.74) is 0.506. The molecule has 0 saturated carbocycles. The fraction of sp³-hybridized carbons (Fsp3) is 0.412. The lowest BCUT2D eigenvalue weighted by atomic mass is 10.1. The van der Waals surface area contributed by atoms with E-state index in [1.165, 1.54) is 39.3 Å². The highest BCUT2D eigenvalue weighted by Gasteiger charge is 2.25. The largest absolute Gasteiger partial charge is 0.469 e. The Kier molecular flexibility index (Phi) is 8.23. The third-order valence-corrected chi connectivity index (χ3v) is 3.22. The van der Waals surface area contributed by atoms with Crippen molar-refractivity contribution >= 4 is 23.9 Å². The van der Waals surface area contributed by atoms with E-state index in [-0.39, 0.29) is 24.3 Å². The molecule has 0 aliphatic rings. The van der Waals surface area contributed by atoms with Gasteiger partial charge in [0.1, 0.15) is 5.75 Å². The summed E-state index contributed by atoms with van der Waals surface area (Å²) < 4.78 is 24.2. The van der Waals surface area contributed by atoms with Gasteiger partial charge in [-0.25, -0.2) is 9.59 Å². The van der Waals surface area contributed by atoms with Crippen molar-refractivity contribution in [1.82, 2.24) is 0 Å². The van der Waals surface area contributed by atoms with E-state index >= 15 is 0 Å². The summed E-state index contributed by atoms with van der Waals surface area (Å²) >= 11 is 0. The van der Waals surface area contributed by atoms with Gasteiger partial charge < -0.3 is 23.7 Å². The van der Waals surface area contributed by atoms with E-state index in [4.69, 9.17) is 9.47 Å². The van der Waals surface area contributed by atoms with Gasteiger partial charge in [0.25, 0.3) is 0 Å². The third-order valence-electron chi connectivity index (χ3n) is 3.22. The Balaban J connectivity index is 3.05. The van der Waals surface area contributed by atoms with Crippen molar-refractivity contribution in [2.24, 2.45) is 0 Å². The molecule has 0 fully saturated rings. The molecule has 0 aromatic heterocycles. The minimum Gasteiger partial charge on any atom is -0.469 e. The molecule has 1 unspecified atom stereocenters. The van der Waals surface area contributed by atoms with Crippen LogP contribution < -0.4 is 4.74 Å². The van der Waals surface area contributed by atoms with Gasteiger partial charge in [-0.2, -0.15) is 0 Å². The van der Waals surface area contributed by atoms with Gasteiger partial charge in [0.2, 0.25) is 0 Å². The van der Waals surface area contributed by atoms with Crippen LogP contribution in [0.25, 0.3) is 0 Å². The molecule has 1 aromatic rings. The molecule has 1 aromatic carbocycles. The van der Waals surface area contributed by atoms with Crippen LogP contribution in [0, 0.1) is 0 Å². The number of carbonyl (C=O) groups is 4. The summed E-state index contributed by atoms with van der Waals surface area (Å²) in [6.07, 6.45) is -1.58. The van der Waals surface area contributed by atoms with Gasteiger partial charge in [0, 0.05) is 12.5 Å². The molecule has 1 atom stereocenters.